The lowest BCUT2D eigenvalue weighted by Crippen LogP contribution is -2.28. The Morgan fingerprint density at radius 2 is 2.00 bits per heavy atom. The highest BCUT2D eigenvalue weighted by atomic mass is 32.2. The van der Waals surface area contributed by atoms with Gasteiger partial charge in [0.25, 0.3) is 0 Å². The summed E-state index contributed by atoms with van der Waals surface area (Å²) in [4.78, 5) is -0.0106. The lowest BCUT2D eigenvalue weighted by atomic mass is 10.1. The molecule has 0 heterocycles. The second-order valence-electron chi connectivity index (χ2n) is 5.33. The predicted octanol–water partition coefficient (Wildman–Crippen LogP) is 2.06. The second kappa shape index (κ2) is 7.72. The average Bonchev–Trinajstić information content (AvgIpc) is 2.37. The molecule has 0 fully saturated rings. The van der Waals surface area contributed by atoms with Crippen molar-refractivity contribution in [2.45, 2.75) is 32.1 Å². The Morgan fingerprint density at radius 3 is 2.62 bits per heavy atom. The molecule has 0 atom stereocenters. The van der Waals surface area contributed by atoms with Gasteiger partial charge < -0.3 is 10.5 Å². The van der Waals surface area contributed by atoms with Crippen LogP contribution in [0, 0.1) is 18.7 Å². The summed E-state index contributed by atoms with van der Waals surface area (Å²) in [5.41, 5.74) is 5.55. The quantitative estimate of drug-likeness (QED) is 0.568. The number of anilines is 1. The summed E-state index contributed by atoms with van der Waals surface area (Å²) in [6.07, 6.45) is 0.931. The Balaban J connectivity index is 2.56. The van der Waals surface area contributed by atoms with E-state index in [-0.39, 0.29) is 17.1 Å². The molecular weight excluding hydrogens is 295 g/mol. The normalized spacial score (nSPS) is 12.0. The highest BCUT2D eigenvalue weighted by Gasteiger charge is 2.18. The van der Waals surface area contributed by atoms with Crippen LogP contribution in [0.1, 0.15) is 25.8 Å². The van der Waals surface area contributed by atoms with Crippen molar-refractivity contribution >= 4 is 15.7 Å². The summed E-state index contributed by atoms with van der Waals surface area (Å²) < 4.78 is 45.2. The van der Waals surface area contributed by atoms with E-state index in [4.69, 9.17) is 10.5 Å². The van der Waals surface area contributed by atoms with E-state index in [9.17, 15) is 12.8 Å². The van der Waals surface area contributed by atoms with Crippen LogP contribution in [0.25, 0.3) is 0 Å². The van der Waals surface area contributed by atoms with Gasteiger partial charge in [-0.1, -0.05) is 13.8 Å². The lowest BCUT2D eigenvalue weighted by molar-refractivity contribution is 0.128. The van der Waals surface area contributed by atoms with E-state index in [2.05, 4.69) is 18.6 Å². The molecule has 0 saturated heterocycles. The van der Waals surface area contributed by atoms with Crippen molar-refractivity contribution in [2.75, 3.05) is 25.5 Å². The molecule has 5 nitrogen and oxygen atoms in total. The fraction of sp³-hybridized carbons (Fsp3) is 0.571. The molecule has 0 aromatic heterocycles. The van der Waals surface area contributed by atoms with E-state index in [1.807, 2.05) is 0 Å². The largest absolute Gasteiger partial charge is 0.396 e. The highest BCUT2D eigenvalue weighted by Crippen LogP contribution is 2.21. The van der Waals surface area contributed by atoms with Gasteiger partial charge in [-0.25, -0.2) is 17.5 Å². The van der Waals surface area contributed by atoms with Crippen LogP contribution in [0.4, 0.5) is 10.1 Å². The molecule has 0 amide bonds. The zero-order chi connectivity index (χ0) is 16.0. The van der Waals surface area contributed by atoms with Gasteiger partial charge in [-0.3, -0.25) is 0 Å². The van der Waals surface area contributed by atoms with Gasteiger partial charge in [0.15, 0.2) is 0 Å². The first-order valence-corrected chi connectivity index (χ1v) is 8.35. The third-order valence-electron chi connectivity index (χ3n) is 2.96. The van der Waals surface area contributed by atoms with Crippen LogP contribution in [0.5, 0.6) is 0 Å². The Kier molecular flexibility index (Phi) is 6.57. The molecule has 3 N–H and O–H groups in total. The van der Waals surface area contributed by atoms with Gasteiger partial charge in [0.05, 0.1) is 17.2 Å². The third kappa shape index (κ3) is 5.61. The molecule has 1 rings (SSSR count). The molecule has 1 aromatic carbocycles. The van der Waals surface area contributed by atoms with Gasteiger partial charge in [0, 0.05) is 13.2 Å². The predicted molar refractivity (Wildman–Crippen MR) is 81.0 cm³/mol. The van der Waals surface area contributed by atoms with Crippen LogP contribution in [-0.2, 0) is 14.8 Å². The van der Waals surface area contributed by atoms with Gasteiger partial charge in [-0.15, -0.1) is 0 Å². The fourth-order valence-corrected chi connectivity index (χ4v) is 2.98. The first kappa shape index (κ1) is 17.9. The Labute approximate surface area is 125 Å². The summed E-state index contributed by atoms with van der Waals surface area (Å²) in [6.45, 7) is 6.76. The van der Waals surface area contributed by atoms with Crippen LogP contribution >= 0.6 is 0 Å². The number of sulfonamides is 1. The molecular formula is C14H23FN2O3S. The van der Waals surface area contributed by atoms with E-state index in [1.165, 1.54) is 6.92 Å². The maximum atomic E-state index is 13.2. The zero-order valence-corrected chi connectivity index (χ0v) is 13.5. The first-order chi connectivity index (χ1) is 9.74. The number of nitrogens with two attached hydrogens (primary N) is 1. The Bertz CT molecular complexity index is 574. The van der Waals surface area contributed by atoms with Gasteiger partial charge >= 0.3 is 0 Å². The number of halogens is 1. The fourth-order valence-electron chi connectivity index (χ4n) is 1.71. The number of ether oxygens (including phenoxy) is 1. The SMILES string of the molecule is Cc1cc(F)c(N)cc1S(=O)(=O)NCCOCCC(C)C. The molecule has 0 radical (unpaired) electrons. The average molecular weight is 318 g/mol. The molecule has 0 saturated carbocycles. The monoisotopic (exact) mass is 318 g/mol. The first-order valence-electron chi connectivity index (χ1n) is 6.87. The topological polar surface area (TPSA) is 81.4 Å². The minimum Gasteiger partial charge on any atom is -0.396 e. The number of nitrogen functional groups attached to an aromatic ring is 1. The van der Waals surface area contributed by atoms with E-state index in [0.717, 1.165) is 18.6 Å². The lowest BCUT2D eigenvalue weighted by Gasteiger charge is -2.11. The standard InChI is InChI=1S/C14H23FN2O3S/c1-10(2)4-6-20-7-5-17-21(18,19)14-9-13(16)12(15)8-11(14)3/h8-10,17H,4-7,16H2,1-3H3. The van der Waals surface area contributed by atoms with Crippen LogP contribution < -0.4 is 10.5 Å². The summed E-state index contributed by atoms with van der Waals surface area (Å²) in [6, 6.07) is 2.25. The van der Waals surface area contributed by atoms with Crippen molar-refractivity contribution in [3.63, 3.8) is 0 Å². The molecule has 0 spiro atoms. The number of aryl methyl sites for hydroxylation is 1. The van der Waals surface area contributed by atoms with Crippen LogP contribution in [0.3, 0.4) is 0 Å². The van der Waals surface area contributed by atoms with Crippen LogP contribution in [0.15, 0.2) is 17.0 Å². The minimum atomic E-state index is -3.71. The molecule has 120 valence electrons. The number of benzene rings is 1. The Hall–Kier alpha value is -1.18. The van der Waals surface area contributed by atoms with Crippen LogP contribution in [0.2, 0.25) is 0 Å². The van der Waals surface area contributed by atoms with E-state index in [1.54, 1.807) is 0 Å². The minimum absolute atomic E-state index is 0.0106. The summed E-state index contributed by atoms with van der Waals surface area (Å²) in [5, 5.41) is 0. The summed E-state index contributed by atoms with van der Waals surface area (Å²) in [5.74, 6) is -0.0741. The summed E-state index contributed by atoms with van der Waals surface area (Å²) >= 11 is 0. The van der Waals surface area contributed by atoms with E-state index < -0.39 is 15.8 Å². The maximum absolute atomic E-state index is 13.2. The molecule has 0 aliphatic rings. The van der Waals surface area contributed by atoms with E-state index in [0.29, 0.717) is 24.7 Å². The second-order valence-corrected chi connectivity index (χ2v) is 7.07. The van der Waals surface area contributed by atoms with Crippen molar-refractivity contribution in [3.8, 4) is 0 Å². The van der Waals surface area contributed by atoms with Crippen molar-refractivity contribution in [1.82, 2.24) is 4.72 Å². The van der Waals surface area contributed by atoms with Crippen molar-refractivity contribution < 1.29 is 17.5 Å². The van der Waals surface area contributed by atoms with Gasteiger partial charge in [0.1, 0.15) is 5.82 Å². The molecule has 21 heavy (non-hydrogen) atoms. The number of hydrogen-bond donors (Lipinski definition) is 2. The smallest absolute Gasteiger partial charge is 0.240 e. The van der Waals surface area contributed by atoms with E-state index >= 15 is 0 Å². The van der Waals surface area contributed by atoms with Gasteiger partial charge in [-0.05, 0) is 37.0 Å². The maximum Gasteiger partial charge on any atom is 0.240 e. The zero-order valence-electron chi connectivity index (χ0n) is 12.6. The van der Waals surface area contributed by atoms with Crippen molar-refractivity contribution in [1.29, 1.82) is 0 Å². The molecule has 0 aliphatic carbocycles. The molecule has 0 aliphatic heterocycles. The van der Waals surface area contributed by atoms with Crippen molar-refractivity contribution in [2.24, 2.45) is 5.92 Å². The van der Waals surface area contributed by atoms with Crippen molar-refractivity contribution in [3.05, 3.63) is 23.5 Å². The van der Waals surface area contributed by atoms with Crippen LogP contribution in [-0.4, -0.2) is 28.2 Å². The Morgan fingerprint density at radius 1 is 1.33 bits per heavy atom. The highest BCUT2D eigenvalue weighted by molar-refractivity contribution is 7.89. The molecule has 7 heteroatoms. The molecule has 0 bridgehead atoms. The number of rotatable bonds is 8. The third-order valence-corrected chi connectivity index (χ3v) is 4.56. The van der Waals surface area contributed by atoms with Gasteiger partial charge in [0.2, 0.25) is 10.0 Å². The number of nitrogens with one attached hydrogen (secondary N) is 1. The summed E-state index contributed by atoms with van der Waals surface area (Å²) in [7, 11) is -3.71. The number of hydrogen-bond acceptors (Lipinski definition) is 4. The molecule has 1 aromatic rings. The molecule has 0 unspecified atom stereocenters. The van der Waals surface area contributed by atoms with Gasteiger partial charge in [-0.2, -0.15) is 0 Å².